The number of rotatable bonds is 5. The Morgan fingerprint density at radius 2 is 1.48 bits per heavy atom. The van der Waals surface area contributed by atoms with Crippen molar-refractivity contribution >= 4 is 5.69 Å². The highest BCUT2D eigenvalue weighted by atomic mass is 19.1. The molecule has 1 aromatic heterocycles. The lowest BCUT2D eigenvalue weighted by atomic mass is 10.1. The molecule has 4 rings (SSSR count). The second-order valence-corrected chi connectivity index (χ2v) is 5.92. The van der Waals surface area contributed by atoms with Crippen LogP contribution < -0.4 is 5.32 Å². The van der Waals surface area contributed by atoms with Crippen LogP contribution in [0.2, 0.25) is 0 Å². The summed E-state index contributed by atoms with van der Waals surface area (Å²) in [6.45, 7) is 0. The minimum atomic E-state index is -0.468. The Labute approximate surface area is 154 Å². The zero-order valence-electron chi connectivity index (χ0n) is 14.1. The third-order valence-electron chi connectivity index (χ3n) is 4.08. The van der Waals surface area contributed by atoms with Gasteiger partial charge in [-0.3, -0.25) is 0 Å². The quantitative estimate of drug-likeness (QED) is 0.528. The highest BCUT2D eigenvalue weighted by Gasteiger charge is 2.22. The average Bonchev–Trinajstić information content (AvgIpc) is 3.18. The van der Waals surface area contributed by atoms with Crippen LogP contribution in [0.5, 0.6) is 0 Å². The maximum atomic E-state index is 14.0. The number of hydrogen-bond acceptors (Lipinski definition) is 4. The zero-order valence-corrected chi connectivity index (χ0v) is 14.1. The van der Waals surface area contributed by atoms with E-state index in [1.807, 2.05) is 30.3 Å². The molecule has 134 valence electrons. The van der Waals surface area contributed by atoms with Crippen LogP contribution in [0.25, 0.3) is 11.5 Å². The van der Waals surface area contributed by atoms with E-state index in [9.17, 15) is 8.78 Å². The van der Waals surface area contributed by atoms with Crippen molar-refractivity contribution in [1.29, 1.82) is 0 Å². The van der Waals surface area contributed by atoms with Crippen molar-refractivity contribution in [1.82, 2.24) is 10.2 Å². The smallest absolute Gasteiger partial charge is 0.250 e. The topological polar surface area (TPSA) is 51.0 Å². The molecule has 0 saturated carbocycles. The van der Waals surface area contributed by atoms with E-state index in [4.69, 9.17) is 4.42 Å². The molecule has 0 saturated heterocycles. The molecule has 0 aliphatic carbocycles. The lowest BCUT2D eigenvalue weighted by Gasteiger charge is -2.17. The molecular weight excluding hydrogens is 348 g/mol. The van der Waals surface area contributed by atoms with E-state index < -0.39 is 11.9 Å². The molecule has 0 aliphatic rings. The fourth-order valence-electron chi connectivity index (χ4n) is 2.74. The molecule has 27 heavy (non-hydrogen) atoms. The van der Waals surface area contributed by atoms with Crippen molar-refractivity contribution in [3.63, 3.8) is 0 Å². The van der Waals surface area contributed by atoms with Gasteiger partial charge in [0.1, 0.15) is 17.7 Å². The van der Waals surface area contributed by atoms with Crippen molar-refractivity contribution in [3.8, 4) is 11.5 Å². The Morgan fingerprint density at radius 1 is 0.778 bits per heavy atom. The first kappa shape index (κ1) is 16.9. The van der Waals surface area contributed by atoms with E-state index in [2.05, 4.69) is 15.5 Å². The van der Waals surface area contributed by atoms with Gasteiger partial charge in [0.2, 0.25) is 5.89 Å². The van der Waals surface area contributed by atoms with Crippen LogP contribution in [-0.2, 0) is 0 Å². The van der Waals surface area contributed by atoms with Crippen LogP contribution >= 0.6 is 0 Å². The summed E-state index contributed by atoms with van der Waals surface area (Å²) in [5.41, 5.74) is 1.81. The number of halogens is 2. The molecule has 3 aromatic carbocycles. The molecule has 1 heterocycles. The molecule has 1 N–H and O–H groups in total. The number of benzene rings is 3. The maximum absolute atomic E-state index is 14.0. The Balaban J connectivity index is 1.71. The first-order valence-corrected chi connectivity index (χ1v) is 8.36. The molecule has 1 atom stereocenters. The van der Waals surface area contributed by atoms with Gasteiger partial charge in [0.15, 0.2) is 0 Å². The summed E-state index contributed by atoms with van der Waals surface area (Å²) in [6.07, 6.45) is 0. The fraction of sp³-hybridized carbons (Fsp3) is 0.0476. The molecule has 0 spiro atoms. The summed E-state index contributed by atoms with van der Waals surface area (Å²) in [7, 11) is 0. The van der Waals surface area contributed by atoms with E-state index in [-0.39, 0.29) is 23.2 Å². The van der Waals surface area contributed by atoms with Crippen molar-refractivity contribution in [3.05, 3.63) is 102 Å². The predicted octanol–water partition coefficient (Wildman–Crippen LogP) is 5.22. The third kappa shape index (κ3) is 3.69. The Bertz CT molecular complexity index is 1030. The predicted molar refractivity (Wildman–Crippen MR) is 98.0 cm³/mol. The number of aromatic nitrogens is 2. The monoisotopic (exact) mass is 363 g/mol. The largest absolute Gasteiger partial charge is 0.418 e. The lowest BCUT2D eigenvalue weighted by Crippen LogP contribution is -2.12. The summed E-state index contributed by atoms with van der Waals surface area (Å²) in [6, 6.07) is 21.2. The molecule has 0 aliphatic heterocycles. The number of hydrogen-bond donors (Lipinski definition) is 1. The highest BCUT2D eigenvalue weighted by Crippen LogP contribution is 2.29. The number of anilines is 1. The molecule has 0 radical (unpaired) electrons. The SMILES string of the molecule is Fc1ccc(NC(c2ccccc2)c2nnc(-c3ccccc3F)o2)cc1. The molecule has 1 unspecified atom stereocenters. The summed E-state index contributed by atoms with van der Waals surface area (Å²) >= 11 is 0. The van der Waals surface area contributed by atoms with Gasteiger partial charge in [0, 0.05) is 5.69 Å². The summed E-state index contributed by atoms with van der Waals surface area (Å²) in [4.78, 5) is 0. The second kappa shape index (κ2) is 7.37. The van der Waals surface area contributed by atoms with Crippen LogP contribution in [0.15, 0.2) is 83.3 Å². The molecule has 0 amide bonds. The molecule has 6 heteroatoms. The van der Waals surface area contributed by atoms with E-state index in [1.54, 1.807) is 30.3 Å². The fourth-order valence-corrected chi connectivity index (χ4v) is 2.74. The van der Waals surface area contributed by atoms with Crippen LogP contribution in [0.1, 0.15) is 17.5 Å². The standard InChI is InChI=1S/C21H15F2N3O/c22-15-10-12-16(13-11-15)24-19(14-6-2-1-3-7-14)21-26-25-20(27-21)17-8-4-5-9-18(17)23/h1-13,19,24H. The van der Waals surface area contributed by atoms with Crippen molar-refractivity contribution < 1.29 is 13.2 Å². The summed E-state index contributed by atoms with van der Waals surface area (Å²) < 4.78 is 33.0. The van der Waals surface area contributed by atoms with E-state index in [1.165, 1.54) is 18.2 Å². The van der Waals surface area contributed by atoms with Gasteiger partial charge in [-0.1, -0.05) is 42.5 Å². The van der Waals surface area contributed by atoms with Gasteiger partial charge in [0.05, 0.1) is 5.56 Å². The third-order valence-corrected chi connectivity index (χ3v) is 4.08. The lowest BCUT2D eigenvalue weighted by molar-refractivity contribution is 0.490. The Hall–Kier alpha value is -3.54. The van der Waals surface area contributed by atoms with Crippen molar-refractivity contribution in [2.75, 3.05) is 5.32 Å². The van der Waals surface area contributed by atoms with E-state index >= 15 is 0 Å². The van der Waals surface area contributed by atoms with Gasteiger partial charge < -0.3 is 9.73 Å². The minimum Gasteiger partial charge on any atom is -0.418 e. The van der Waals surface area contributed by atoms with Gasteiger partial charge in [0.25, 0.3) is 5.89 Å². The second-order valence-electron chi connectivity index (χ2n) is 5.92. The normalized spacial score (nSPS) is 11.9. The van der Waals surface area contributed by atoms with Gasteiger partial charge in [-0.15, -0.1) is 10.2 Å². The first-order valence-electron chi connectivity index (χ1n) is 8.36. The summed E-state index contributed by atoms with van der Waals surface area (Å²) in [5.74, 6) is -0.374. The Kier molecular flexibility index (Phi) is 4.61. The number of nitrogens with one attached hydrogen (secondary N) is 1. The molecule has 0 fully saturated rings. The Morgan fingerprint density at radius 3 is 2.22 bits per heavy atom. The molecule has 0 bridgehead atoms. The first-order chi connectivity index (χ1) is 13.2. The van der Waals surface area contributed by atoms with Gasteiger partial charge in [-0.05, 0) is 42.0 Å². The molecule has 4 nitrogen and oxygen atoms in total. The minimum absolute atomic E-state index is 0.102. The number of nitrogens with zero attached hydrogens (tertiary/aromatic N) is 2. The average molecular weight is 363 g/mol. The van der Waals surface area contributed by atoms with Crippen LogP contribution in [0.4, 0.5) is 14.5 Å². The van der Waals surface area contributed by atoms with Crippen LogP contribution in [0.3, 0.4) is 0 Å². The molecule has 4 aromatic rings. The highest BCUT2D eigenvalue weighted by molar-refractivity contribution is 5.54. The van der Waals surface area contributed by atoms with Gasteiger partial charge in [-0.25, -0.2) is 8.78 Å². The van der Waals surface area contributed by atoms with E-state index in [0.717, 1.165) is 5.56 Å². The summed E-state index contributed by atoms with van der Waals surface area (Å²) in [5, 5.41) is 11.4. The van der Waals surface area contributed by atoms with E-state index in [0.29, 0.717) is 5.69 Å². The molecular formula is C21H15F2N3O. The van der Waals surface area contributed by atoms with Crippen molar-refractivity contribution in [2.24, 2.45) is 0 Å². The van der Waals surface area contributed by atoms with Crippen molar-refractivity contribution in [2.45, 2.75) is 6.04 Å². The maximum Gasteiger partial charge on any atom is 0.250 e. The van der Waals surface area contributed by atoms with Crippen LogP contribution in [-0.4, -0.2) is 10.2 Å². The van der Waals surface area contributed by atoms with Gasteiger partial charge in [-0.2, -0.15) is 0 Å². The van der Waals surface area contributed by atoms with Gasteiger partial charge >= 0.3 is 0 Å². The zero-order chi connectivity index (χ0) is 18.6. The van der Waals surface area contributed by atoms with Crippen LogP contribution in [0, 0.1) is 11.6 Å².